The van der Waals surface area contributed by atoms with Crippen LogP contribution in [-0.2, 0) is 4.79 Å². The predicted octanol–water partition coefficient (Wildman–Crippen LogP) is 1.10. The number of hydrogen-bond donors (Lipinski definition) is 2. The van der Waals surface area contributed by atoms with Crippen LogP contribution in [0.1, 0.15) is 46.0 Å². The van der Waals surface area contributed by atoms with Gasteiger partial charge < -0.3 is 10.0 Å². The smallest absolute Gasteiger partial charge is 0.239 e. The highest BCUT2D eigenvalue weighted by molar-refractivity contribution is 5.82. The van der Waals surface area contributed by atoms with Crippen molar-refractivity contribution in [2.24, 2.45) is 0 Å². The quantitative estimate of drug-likeness (QED) is 0.715. The van der Waals surface area contributed by atoms with E-state index >= 15 is 0 Å². The van der Waals surface area contributed by atoms with E-state index in [9.17, 15) is 9.90 Å². The Labute approximate surface area is 98.0 Å². The topological polar surface area (TPSA) is 52.6 Å². The summed E-state index contributed by atoms with van der Waals surface area (Å²) in [5, 5.41) is 12.3. The van der Waals surface area contributed by atoms with Crippen molar-refractivity contribution in [3.63, 3.8) is 0 Å². The summed E-state index contributed by atoms with van der Waals surface area (Å²) in [6.07, 6.45) is 4.10. The van der Waals surface area contributed by atoms with Crippen molar-refractivity contribution in [1.82, 2.24) is 10.2 Å². The van der Waals surface area contributed by atoms with Crippen LogP contribution in [0.5, 0.6) is 0 Å². The first kappa shape index (κ1) is 13.5. The number of unbranched alkanes of at least 4 members (excludes halogenated alkanes) is 1. The number of amides is 1. The van der Waals surface area contributed by atoms with E-state index in [-0.39, 0.29) is 11.9 Å². The molecule has 0 aliphatic carbocycles. The fourth-order valence-electron chi connectivity index (χ4n) is 2.09. The molecule has 0 bridgehead atoms. The van der Waals surface area contributed by atoms with Gasteiger partial charge in [-0.1, -0.05) is 20.3 Å². The Bertz CT molecular complexity index is 221. The van der Waals surface area contributed by atoms with Crippen LogP contribution in [0.3, 0.4) is 0 Å². The zero-order valence-corrected chi connectivity index (χ0v) is 10.4. The number of carbonyl (C=O) groups is 1. The van der Waals surface area contributed by atoms with Crippen molar-refractivity contribution in [3.05, 3.63) is 0 Å². The van der Waals surface area contributed by atoms with Gasteiger partial charge in [-0.25, -0.2) is 0 Å². The van der Waals surface area contributed by atoms with E-state index in [4.69, 9.17) is 0 Å². The number of nitrogens with zero attached hydrogens (tertiary/aromatic N) is 1. The number of hydrogen-bond acceptors (Lipinski definition) is 3. The van der Waals surface area contributed by atoms with Crippen LogP contribution < -0.4 is 5.32 Å². The van der Waals surface area contributed by atoms with Crippen LogP contribution in [-0.4, -0.2) is 41.3 Å². The minimum atomic E-state index is -0.497. The maximum atomic E-state index is 12.1. The summed E-state index contributed by atoms with van der Waals surface area (Å²) < 4.78 is 0. The highest BCUT2D eigenvalue weighted by Gasteiger charge is 2.30. The van der Waals surface area contributed by atoms with E-state index in [1.54, 1.807) is 0 Å². The fourth-order valence-corrected chi connectivity index (χ4v) is 2.09. The Morgan fingerprint density at radius 1 is 1.31 bits per heavy atom. The number of nitrogens with one attached hydrogen (secondary N) is 1. The molecule has 0 radical (unpaired) electrons. The van der Waals surface area contributed by atoms with Crippen LogP contribution in [0, 0.1) is 0 Å². The summed E-state index contributed by atoms with van der Waals surface area (Å²) in [6.45, 7) is 5.89. The SMILES string of the molecule is CCCCN(CCC)C(=O)[C@@H]1CCC(O)N1. The van der Waals surface area contributed by atoms with Crippen LogP contribution >= 0.6 is 0 Å². The van der Waals surface area contributed by atoms with Crippen molar-refractivity contribution in [1.29, 1.82) is 0 Å². The second kappa shape index (κ2) is 6.86. The van der Waals surface area contributed by atoms with E-state index in [0.29, 0.717) is 6.42 Å². The van der Waals surface area contributed by atoms with Gasteiger partial charge in [0.05, 0.1) is 6.04 Å². The van der Waals surface area contributed by atoms with E-state index in [1.807, 2.05) is 4.90 Å². The molecule has 16 heavy (non-hydrogen) atoms. The largest absolute Gasteiger partial charge is 0.379 e. The van der Waals surface area contributed by atoms with Crippen molar-refractivity contribution in [2.75, 3.05) is 13.1 Å². The van der Waals surface area contributed by atoms with Crippen molar-refractivity contribution < 1.29 is 9.90 Å². The number of rotatable bonds is 6. The highest BCUT2D eigenvalue weighted by atomic mass is 16.3. The normalized spacial score (nSPS) is 24.7. The van der Waals surface area contributed by atoms with Gasteiger partial charge in [0.1, 0.15) is 6.23 Å². The highest BCUT2D eigenvalue weighted by Crippen LogP contribution is 2.13. The third kappa shape index (κ3) is 3.76. The summed E-state index contributed by atoms with van der Waals surface area (Å²) in [6, 6.07) is -0.168. The van der Waals surface area contributed by atoms with Gasteiger partial charge in [0.2, 0.25) is 5.91 Å². The van der Waals surface area contributed by atoms with Crippen molar-refractivity contribution in [2.45, 2.75) is 58.2 Å². The lowest BCUT2D eigenvalue weighted by Gasteiger charge is -2.25. The Morgan fingerprint density at radius 3 is 2.56 bits per heavy atom. The molecular weight excluding hydrogens is 204 g/mol. The lowest BCUT2D eigenvalue weighted by atomic mass is 10.2. The van der Waals surface area contributed by atoms with Gasteiger partial charge in [-0.2, -0.15) is 0 Å². The number of carbonyl (C=O) groups excluding carboxylic acids is 1. The Kier molecular flexibility index (Phi) is 5.77. The molecule has 0 spiro atoms. The minimum Gasteiger partial charge on any atom is -0.379 e. The van der Waals surface area contributed by atoms with E-state index in [0.717, 1.165) is 38.8 Å². The molecule has 1 heterocycles. The van der Waals surface area contributed by atoms with Gasteiger partial charge in [-0.3, -0.25) is 10.1 Å². The monoisotopic (exact) mass is 228 g/mol. The Balaban J connectivity index is 2.45. The molecule has 0 aromatic carbocycles. The van der Waals surface area contributed by atoms with Gasteiger partial charge in [0.15, 0.2) is 0 Å². The molecule has 0 saturated carbocycles. The first-order chi connectivity index (χ1) is 7.69. The van der Waals surface area contributed by atoms with Gasteiger partial charge in [-0.05, 0) is 25.7 Å². The molecule has 1 saturated heterocycles. The standard InChI is InChI=1S/C12H24N2O2/c1-3-5-9-14(8-4-2)12(16)10-6-7-11(15)13-10/h10-11,13,15H,3-9H2,1-2H3/t10-,11?/m0/s1. The molecule has 1 rings (SSSR count). The number of aliphatic hydroxyl groups is 1. The molecule has 4 nitrogen and oxygen atoms in total. The molecule has 1 aliphatic rings. The average Bonchev–Trinajstić information content (AvgIpc) is 2.70. The zero-order chi connectivity index (χ0) is 12.0. The van der Waals surface area contributed by atoms with Crippen molar-refractivity contribution in [3.8, 4) is 0 Å². The minimum absolute atomic E-state index is 0.159. The summed E-state index contributed by atoms with van der Waals surface area (Å²) in [4.78, 5) is 14.1. The lowest BCUT2D eigenvalue weighted by Crippen LogP contribution is -2.45. The summed E-state index contributed by atoms with van der Waals surface area (Å²) in [7, 11) is 0. The first-order valence-electron chi connectivity index (χ1n) is 6.42. The van der Waals surface area contributed by atoms with Crippen LogP contribution in [0.2, 0.25) is 0 Å². The van der Waals surface area contributed by atoms with E-state index in [1.165, 1.54) is 0 Å². The molecule has 2 atom stereocenters. The Morgan fingerprint density at radius 2 is 2.06 bits per heavy atom. The summed E-state index contributed by atoms with van der Waals surface area (Å²) in [5.41, 5.74) is 0. The molecule has 1 amide bonds. The van der Waals surface area contributed by atoms with Gasteiger partial charge in [0, 0.05) is 13.1 Å². The molecule has 4 heteroatoms. The lowest BCUT2D eigenvalue weighted by molar-refractivity contribution is -0.133. The molecular formula is C12H24N2O2. The molecule has 0 aromatic heterocycles. The van der Waals surface area contributed by atoms with E-state index < -0.39 is 6.23 Å². The third-order valence-electron chi connectivity index (χ3n) is 3.01. The molecule has 1 aliphatic heterocycles. The zero-order valence-electron chi connectivity index (χ0n) is 10.4. The molecule has 2 N–H and O–H groups in total. The van der Waals surface area contributed by atoms with Crippen LogP contribution in [0.15, 0.2) is 0 Å². The molecule has 0 aromatic rings. The van der Waals surface area contributed by atoms with Gasteiger partial charge in [-0.15, -0.1) is 0 Å². The van der Waals surface area contributed by atoms with E-state index in [2.05, 4.69) is 19.2 Å². The fraction of sp³-hybridized carbons (Fsp3) is 0.917. The second-order valence-electron chi connectivity index (χ2n) is 4.49. The average molecular weight is 228 g/mol. The first-order valence-corrected chi connectivity index (χ1v) is 6.42. The maximum Gasteiger partial charge on any atom is 0.239 e. The van der Waals surface area contributed by atoms with Crippen molar-refractivity contribution >= 4 is 5.91 Å². The predicted molar refractivity (Wildman–Crippen MR) is 63.9 cm³/mol. The molecule has 1 fully saturated rings. The van der Waals surface area contributed by atoms with Crippen LogP contribution in [0.4, 0.5) is 0 Å². The van der Waals surface area contributed by atoms with Gasteiger partial charge in [0.25, 0.3) is 0 Å². The summed E-state index contributed by atoms with van der Waals surface area (Å²) >= 11 is 0. The molecule has 1 unspecified atom stereocenters. The number of aliphatic hydroxyl groups excluding tert-OH is 1. The molecule has 94 valence electrons. The Hall–Kier alpha value is -0.610. The van der Waals surface area contributed by atoms with Crippen LogP contribution in [0.25, 0.3) is 0 Å². The maximum absolute atomic E-state index is 12.1. The van der Waals surface area contributed by atoms with Gasteiger partial charge >= 0.3 is 0 Å². The summed E-state index contributed by atoms with van der Waals surface area (Å²) in [5.74, 6) is 0.159. The third-order valence-corrected chi connectivity index (χ3v) is 3.01. The second-order valence-corrected chi connectivity index (χ2v) is 4.49.